The van der Waals surface area contributed by atoms with Gasteiger partial charge in [-0.05, 0) is 48.5 Å². The molecule has 0 fully saturated rings. The Bertz CT molecular complexity index is 2540. The van der Waals surface area contributed by atoms with E-state index in [-0.39, 0.29) is 129 Å². The Morgan fingerprint density at radius 2 is 0.392 bits per heavy atom. The number of nitrogens with zero attached hydrogens (tertiary/aromatic N) is 1. The van der Waals surface area contributed by atoms with Gasteiger partial charge in [-0.3, -0.25) is 0 Å². The third-order valence-corrected chi connectivity index (χ3v) is 21.0. The molecule has 0 aliphatic heterocycles. The molecular weight excluding hydrogens is 1460 g/mol. The summed E-state index contributed by atoms with van der Waals surface area (Å²) >= 11 is -20.4. The van der Waals surface area contributed by atoms with E-state index in [1.165, 1.54) is 125 Å². The van der Waals surface area contributed by atoms with Crippen LogP contribution >= 0.6 is 7.26 Å². The molecule has 0 spiro atoms. The van der Waals surface area contributed by atoms with Crippen LogP contribution < -0.4 is 76.1 Å². The van der Waals surface area contributed by atoms with Gasteiger partial charge >= 0.3 is 243 Å². The molecule has 8 rings (SSSR count). The van der Waals surface area contributed by atoms with Gasteiger partial charge in [0.05, 0.1) is 6.07 Å². The van der Waals surface area contributed by atoms with Gasteiger partial charge < -0.3 is 37.6 Å². The predicted octanol–water partition coefficient (Wildman–Crippen LogP) is -6.95. The summed E-state index contributed by atoms with van der Waals surface area (Å²) in [6.07, 6.45) is 0. The second-order valence-electron chi connectivity index (χ2n) is 13.6. The summed E-state index contributed by atoms with van der Waals surface area (Å²) in [6, 6.07) is 74.9. The van der Waals surface area contributed by atoms with Crippen molar-refractivity contribution >= 4 is 103 Å². The topological polar surface area (TPSA) is 448 Å². The largest absolute Gasteiger partial charge is 2.00 e. The zero-order valence-corrected chi connectivity index (χ0v) is 54.8. The zero-order valence-electron chi connectivity index (χ0n) is 40.8. The second-order valence-corrected chi connectivity index (χ2v) is 29.7. The van der Waals surface area contributed by atoms with Crippen molar-refractivity contribution < 1.29 is 160 Å². The van der Waals surface area contributed by atoms with Crippen molar-refractivity contribution in [3.05, 3.63) is 243 Å². The molecule has 8 aromatic rings. The van der Waals surface area contributed by atoms with Crippen molar-refractivity contribution in [2.24, 2.45) is 0 Å². The standard InChI is InChI=1S/C24H20P.4C6H7AsO3.C2H3N.FH.6O.4V/c1-5-13-21(14-6-1)25(22-15-7-2-8-16-22,23-17-9-3-10-18-23)24-19-11-4-12-20-24;4*8-7(9,10)6-4-2-1-3-5-6;1-2-3;;;;;;;;;;;/h1-20H;4*1-5H,(H2,8,9,10);1H3;1H;;;;;;;;;;/q+1;;;;;;;6*-2;;;;/p-9. The molecule has 0 N–H and O–H groups in total. The minimum Gasteiger partial charge on any atom is -2.00 e. The van der Waals surface area contributed by atoms with Crippen LogP contribution in [-0.2, 0) is 122 Å². The summed E-state index contributed by atoms with van der Waals surface area (Å²) in [5, 5.41) is 12.9. The van der Waals surface area contributed by atoms with E-state index in [2.05, 4.69) is 121 Å². The fourth-order valence-electron chi connectivity index (χ4n) is 5.94. The van der Waals surface area contributed by atoms with Crippen LogP contribution in [0.5, 0.6) is 0 Å². The summed E-state index contributed by atoms with van der Waals surface area (Å²) in [6.45, 7) is 1.43. The quantitative estimate of drug-likeness (QED) is 0.101. The van der Waals surface area contributed by atoms with Crippen LogP contribution in [0.1, 0.15) is 6.92 Å². The van der Waals surface area contributed by atoms with Crippen molar-refractivity contribution in [2.75, 3.05) is 0 Å². The van der Waals surface area contributed by atoms with Gasteiger partial charge in [-0.1, -0.05) is 72.8 Å². The van der Waals surface area contributed by atoms with Crippen LogP contribution in [0, 0.1) is 11.3 Å². The first-order valence-electron chi connectivity index (χ1n) is 20.0. The van der Waals surface area contributed by atoms with Crippen molar-refractivity contribution in [2.45, 2.75) is 6.92 Å². The fourth-order valence-corrected chi connectivity index (χ4v) is 14.7. The number of hydrogen-bond donors (Lipinski definition) is 0. The van der Waals surface area contributed by atoms with Gasteiger partial charge in [0.25, 0.3) is 0 Å². The van der Waals surface area contributed by atoms with E-state index >= 15 is 0 Å². The molecule has 0 aromatic heterocycles. The normalized spacial score (nSPS) is 9.42. The molecule has 0 unspecified atom stereocenters. The van der Waals surface area contributed by atoms with Crippen LogP contribution in [0.15, 0.2) is 243 Å². The Kier molecular flexibility index (Phi) is 58.2. The van der Waals surface area contributed by atoms with Gasteiger partial charge in [-0.15, -0.1) is 0 Å². The first kappa shape index (κ1) is 95.1. The SMILES string of the molecule is CC#N.O=[As]([O-])([O-])c1ccccc1.O=[As]([O-])([O-])c1ccccc1.O=[As]([O-])([O-])c1ccccc1.O=[As]([O-])([O-])c1ccccc1.[F-].[O-2].[O-2].[O-2].[O-2].[O-2].[O-2].[V].[V].[V].[V].c1ccc([P+](c2ccccc2)(c2ccccc2)c2ccccc2)cc1. The molecule has 0 bridgehead atoms. The molecule has 428 valence electrons. The summed E-state index contributed by atoms with van der Waals surface area (Å²) < 4.78 is 124. The predicted molar refractivity (Wildman–Crippen MR) is 257 cm³/mol. The van der Waals surface area contributed by atoms with Crippen LogP contribution in [0.25, 0.3) is 0 Å². The van der Waals surface area contributed by atoms with E-state index in [0.29, 0.717) is 0 Å². The Morgan fingerprint density at radius 3 is 0.481 bits per heavy atom. The molecule has 19 nitrogen and oxygen atoms in total. The average molecular weight is 1500 g/mol. The number of halogens is 1. The van der Waals surface area contributed by atoms with Crippen LogP contribution in [0.2, 0.25) is 0 Å². The molecule has 79 heavy (non-hydrogen) atoms. The van der Waals surface area contributed by atoms with Gasteiger partial charge in [0.1, 0.15) is 28.5 Å². The summed E-state index contributed by atoms with van der Waals surface area (Å²) in [5.41, 5.74) is 0. The van der Waals surface area contributed by atoms with Crippen molar-refractivity contribution in [1.29, 1.82) is 5.26 Å². The van der Waals surface area contributed by atoms with Crippen LogP contribution in [-0.4, -0.2) is 56.7 Å². The third-order valence-electron chi connectivity index (χ3n) is 8.86. The van der Waals surface area contributed by atoms with Crippen molar-refractivity contribution in [3.63, 3.8) is 0 Å². The molecule has 0 amide bonds. The van der Waals surface area contributed by atoms with Gasteiger partial charge in [0, 0.05) is 81.1 Å². The van der Waals surface area contributed by atoms with E-state index in [1.54, 1.807) is 30.3 Å². The van der Waals surface area contributed by atoms with E-state index in [4.69, 9.17) is 5.26 Å². The van der Waals surface area contributed by atoms with E-state index < -0.39 is 64.0 Å². The number of rotatable bonds is 8. The fraction of sp³-hybridized carbons (Fsp3) is 0.0200. The molecule has 29 heteroatoms. The maximum absolute atomic E-state index is 10.4. The first-order valence-corrected chi connectivity index (χ1v) is 34.7. The molecule has 4 radical (unpaired) electrons. The summed E-state index contributed by atoms with van der Waals surface area (Å²) in [5.74, 6) is 0. The minimum absolute atomic E-state index is 0. The van der Waals surface area contributed by atoms with Gasteiger partial charge in [-0.2, -0.15) is 5.26 Å². The summed E-state index contributed by atoms with van der Waals surface area (Å²) in [7, 11) is -1.91. The molecule has 8 aromatic carbocycles. The average Bonchev–Trinajstić information content (AvgIpc) is 3.34. The molecule has 0 aliphatic carbocycles. The molecule has 0 atom stereocenters. The van der Waals surface area contributed by atoms with Gasteiger partial charge in [0.2, 0.25) is 0 Å². The number of benzene rings is 8. The van der Waals surface area contributed by atoms with Crippen LogP contribution in [0.3, 0.4) is 0 Å². The maximum atomic E-state index is 10.4. The maximum Gasteiger partial charge on any atom is 0.144 e. The molecule has 0 heterocycles. The zero-order chi connectivity index (χ0) is 50.1. The van der Waals surface area contributed by atoms with Crippen molar-refractivity contribution in [1.82, 2.24) is 0 Å². The Labute approximate surface area is 517 Å². The van der Waals surface area contributed by atoms with E-state index in [9.17, 15) is 47.7 Å². The summed E-state index contributed by atoms with van der Waals surface area (Å²) in [4.78, 5) is 0. The van der Waals surface area contributed by atoms with E-state index in [1.807, 2.05) is 0 Å². The van der Waals surface area contributed by atoms with Crippen LogP contribution in [0.4, 0.5) is 0 Å². The Balaban J connectivity index is -0.000000112. The van der Waals surface area contributed by atoms with Gasteiger partial charge in [0.15, 0.2) is 0 Å². The second kappa shape index (κ2) is 48.4. The Morgan fingerprint density at radius 1 is 0.291 bits per heavy atom. The van der Waals surface area contributed by atoms with Crippen molar-refractivity contribution in [3.8, 4) is 6.07 Å². The first-order chi connectivity index (χ1) is 32.3. The molecule has 0 saturated heterocycles. The molecule has 0 saturated carbocycles. The third kappa shape index (κ3) is 33.5. The van der Waals surface area contributed by atoms with E-state index in [0.717, 1.165) is 0 Å². The monoisotopic (exact) mass is 1500 g/mol. The smallest absolute Gasteiger partial charge is 0.144 e. The Hall–Kier alpha value is -3.18. The number of hydrogen-bond acceptors (Lipinski definition) is 13. The minimum atomic E-state index is -5.10. The number of nitriles is 1. The molecular formula is C50H43As4FNO18PV4-20. The van der Waals surface area contributed by atoms with Gasteiger partial charge in [-0.25, -0.2) is 0 Å². The molecule has 0 aliphatic rings.